The molecular formula is C19H17FN4O. The second-order valence-electron chi connectivity index (χ2n) is 5.66. The summed E-state index contributed by atoms with van der Waals surface area (Å²) in [4.78, 5) is 20.5. The van der Waals surface area contributed by atoms with Gasteiger partial charge in [0.1, 0.15) is 17.3 Å². The minimum atomic E-state index is -0.388. The summed E-state index contributed by atoms with van der Waals surface area (Å²) in [5, 5.41) is 5.65. The van der Waals surface area contributed by atoms with Crippen molar-refractivity contribution in [2.45, 2.75) is 13.8 Å². The summed E-state index contributed by atoms with van der Waals surface area (Å²) >= 11 is 0. The van der Waals surface area contributed by atoms with Crippen LogP contribution < -0.4 is 10.6 Å². The Bertz CT molecular complexity index is 910. The van der Waals surface area contributed by atoms with E-state index < -0.39 is 0 Å². The standard InChI is InChI=1S/C19H17FN4O/c1-12-7-8-13(2)16(9-12)24-19(25)17-10-22-18(11-21-17)23-15-6-4-3-5-14(15)20/h3-11H,1-2H3,(H,22,23)(H,24,25). The van der Waals surface area contributed by atoms with Crippen LogP contribution in [0.3, 0.4) is 0 Å². The van der Waals surface area contributed by atoms with E-state index in [4.69, 9.17) is 0 Å². The summed E-state index contributed by atoms with van der Waals surface area (Å²) in [5.41, 5.74) is 3.23. The van der Waals surface area contributed by atoms with E-state index in [1.54, 1.807) is 18.2 Å². The van der Waals surface area contributed by atoms with Gasteiger partial charge in [0.2, 0.25) is 0 Å². The molecule has 3 aromatic rings. The van der Waals surface area contributed by atoms with Crippen LogP contribution in [0.4, 0.5) is 21.6 Å². The van der Waals surface area contributed by atoms with Crippen molar-refractivity contribution in [2.75, 3.05) is 10.6 Å². The van der Waals surface area contributed by atoms with Gasteiger partial charge in [0.05, 0.1) is 18.1 Å². The second kappa shape index (κ2) is 7.09. The Morgan fingerprint density at radius 2 is 1.80 bits per heavy atom. The van der Waals surface area contributed by atoms with E-state index in [-0.39, 0.29) is 17.4 Å². The summed E-state index contributed by atoms with van der Waals surface area (Å²) in [7, 11) is 0. The lowest BCUT2D eigenvalue weighted by Gasteiger charge is -2.09. The number of hydrogen-bond acceptors (Lipinski definition) is 4. The largest absolute Gasteiger partial charge is 0.337 e. The number of aromatic nitrogens is 2. The molecule has 0 unspecified atom stereocenters. The van der Waals surface area contributed by atoms with Crippen molar-refractivity contribution in [3.63, 3.8) is 0 Å². The highest BCUT2D eigenvalue weighted by molar-refractivity contribution is 6.03. The van der Waals surface area contributed by atoms with Crippen LogP contribution in [0.25, 0.3) is 0 Å². The van der Waals surface area contributed by atoms with Crippen LogP contribution in [0.15, 0.2) is 54.9 Å². The molecule has 2 N–H and O–H groups in total. The maximum absolute atomic E-state index is 13.6. The summed E-state index contributed by atoms with van der Waals surface area (Å²) in [5.74, 6) is -0.381. The van der Waals surface area contributed by atoms with Crippen molar-refractivity contribution in [2.24, 2.45) is 0 Å². The third kappa shape index (κ3) is 3.98. The Morgan fingerprint density at radius 1 is 1.00 bits per heavy atom. The van der Waals surface area contributed by atoms with Gasteiger partial charge in [-0.3, -0.25) is 4.79 Å². The van der Waals surface area contributed by atoms with Gasteiger partial charge in [-0.2, -0.15) is 0 Å². The van der Waals surface area contributed by atoms with E-state index in [2.05, 4.69) is 20.6 Å². The van der Waals surface area contributed by atoms with Gasteiger partial charge in [-0.15, -0.1) is 0 Å². The molecule has 1 amide bonds. The molecule has 0 saturated heterocycles. The number of rotatable bonds is 4. The quantitative estimate of drug-likeness (QED) is 0.748. The molecular weight excluding hydrogens is 319 g/mol. The van der Waals surface area contributed by atoms with E-state index >= 15 is 0 Å². The molecule has 0 aliphatic rings. The molecule has 2 aromatic carbocycles. The zero-order chi connectivity index (χ0) is 17.8. The number of carbonyl (C=O) groups is 1. The summed E-state index contributed by atoms with van der Waals surface area (Å²) in [6.07, 6.45) is 2.74. The van der Waals surface area contributed by atoms with Crippen molar-refractivity contribution >= 4 is 23.1 Å². The van der Waals surface area contributed by atoms with Crippen LogP contribution in [0.1, 0.15) is 21.6 Å². The molecule has 0 aliphatic heterocycles. The van der Waals surface area contributed by atoms with Gasteiger partial charge in [-0.1, -0.05) is 24.3 Å². The molecule has 0 atom stereocenters. The number of benzene rings is 2. The lowest BCUT2D eigenvalue weighted by Crippen LogP contribution is -2.15. The monoisotopic (exact) mass is 336 g/mol. The number of aryl methyl sites for hydroxylation is 2. The van der Waals surface area contributed by atoms with Gasteiger partial charge >= 0.3 is 0 Å². The molecule has 0 saturated carbocycles. The third-order valence-corrected chi connectivity index (χ3v) is 3.66. The number of carbonyl (C=O) groups excluding carboxylic acids is 1. The van der Waals surface area contributed by atoms with E-state index in [0.29, 0.717) is 11.5 Å². The van der Waals surface area contributed by atoms with Gasteiger partial charge in [0, 0.05) is 5.69 Å². The third-order valence-electron chi connectivity index (χ3n) is 3.66. The van der Waals surface area contributed by atoms with Crippen LogP contribution >= 0.6 is 0 Å². The van der Waals surface area contributed by atoms with Gasteiger partial charge in [0.25, 0.3) is 5.91 Å². The molecule has 0 fully saturated rings. The zero-order valence-corrected chi connectivity index (χ0v) is 13.9. The Kier molecular flexibility index (Phi) is 4.70. The first-order valence-electron chi connectivity index (χ1n) is 7.75. The topological polar surface area (TPSA) is 66.9 Å². The highest BCUT2D eigenvalue weighted by Gasteiger charge is 2.10. The predicted molar refractivity (Wildman–Crippen MR) is 95.6 cm³/mol. The number of nitrogens with zero attached hydrogens (tertiary/aromatic N) is 2. The maximum Gasteiger partial charge on any atom is 0.275 e. The lowest BCUT2D eigenvalue weighted by atomic mass is 10.1. The Balaban J connectivity index is 1.72. The molecule has 3 rings (SSSR count). The SMILES string of the molecule is Cc1ccc(C)c(NC(=O)c2cnc(Nc3ccccc3F)cn2)c1. The average Bonchev–Trinajstić information content (AvgIpc) is 2.61. The van der Waals surface area contributed by atoms with Gasteiger partial charge < -0.3 is 10.6 Å². The summed E-state index contributed by atoms with van der Waals surface area (Å²) in [6.45, 7) is 3.88. The first-order chi connectivity index (χ1) is 12.0. The predicted octanol–water partition coefficient (Wildman–Crippen LogP) is 4.23. The Hall–Kier alpha value is -3.28. The summed E-state index contributed by atoms with van der Waals surface area (Å²) in [6, 6.07) is 12.1. The van der Waals surface area contributed by atoms with E-state index in [1.165, 1.54) is 18.5 Å². The molecule has 0 radical (unpaired) electrons. The first-order valence-corrected chi connectivity index (χ1v) is 7.75. The highest BCUT2D eigenvalue weighted by atomic mass is 19.1. The van der Waals surface area contributed by atoms with Crippen molar-refractivity contribution in [3.8, 4) is 0 Å². The highest BCUT2D eigenvalue weighted by Crippen LogP contribution is 2.19. The average molecular weight is 336 g/mol. The number of amides is 1. The molecule has 0 spiro atoms. The fourth-order valence-electron chi connectivity index (χ4n) is 2.27. The second-order valence-corrected chi connectivity index (χ2v) is 5.66. The zero-order valence-electron chi connectivity index (χ0n) is 13.9. The van der Waals surface area contributed by atoms with Crippen LogP contribution in [-0.2, 0) is 0 Å². The van der Waals surface area contributed by atoms with Gasteiger partial charge in [-0.25, -0.2) is 14.4 Å². The van der Waals surface area contributed by atoms with Crippen molar-refractivity contribution in [1.29, 1.82) is 0 Å². The number of halogens is 1. The van der Waals surface area contributed by atoms with Crippen LogP contribution in [0, 0.1) is 19.7 Å². The first kappa shape index (κ1) is 16.6. The van der Waals surface area contributed by atoms with Crippen LogP contribution in [-0.4, -0.2) is 15.9 Å². The molecule has 1 heterocycles. The molecule has 25 heavy (non-hydrogen) atoms. The number of nitrogens with one attached hydrogen (secondary N) is 2. The molecule has 6 heteroatoms. The smallest absolute Gasteiger partial charge is 0.275 e. The van der Waals surface area contributed by atoms with E-state index in [9.17, 15) is 9.18 Å². The van der Waals surface area contributed by atoms with Crippen molar-refractivity contribution < 1.29 is 9.18 Å². The Morgan fingerprint density at radius 3 is 2.52 bits per heavy atom. The van der Waals surface area contributed by atoms with E-state index in [0.717, 1.165) is 16.8 Å². The molecule has 5 nitrogen and oxygen atoms in total. The van der Waals surface area contributed by atoms with Crippen molar-refractivity contribution in [3.05, 3.63) is 77.5 Å². The minimum Gasteiger partial charge on any atom is -0.337 e. The summed E-state index contributed by atoms with van der Waals surface area (Å²) < 4.78 is 13.6. The Labute approximate surface area is 145 Å². The molecule has 0 aliphatic carbocycles. The van der Waals surface area contributed by atoms with Crippen molar-refractivity contribution in [1.82, 2.24) is 9.97 Å². The molecule has 0 bridgehead atoms. The number of hydrogen-bond donors (Lipinski definition) is 2. The van der Waals surface area contributed by atoms with Gasteiger partial charge in [0.15, 0.2) is 0 Å². The number of anilines is 3. The minimum absolute atomic E-state index is 0.181. The molecule has 126 valence electrons. The fraction of sp³-hybridized carbons (Fsp3) is 0.105. The lowest BCUT2D eigenvalue weighted by molar-refractivity contribution is 0.102. The van der Waals surface area contributed by atoms with Gasteiger partial charge in [-0.05, 0) is 43.2 Å². The number of para-hydroxylation sites is 1. The maximum atomic E-state index is 13.6. The molecule has 1 aromatic heterocycles. The van der Waals surface area contributed by atoms with Crippen LogP contribution in [0.5, 0.6) is 0 Å². The van der Waals surface area contributed by atoms with Crippen LogP contribution in [0.2, 0.25) is 0 Å². The normalized spacial score (nSPS) is 10.4. The van der Waals surface area contributed by atoms with E-state index in [1.807, 2.05) is 32.0 Å². The fourth-order valence-corrected chi connectivity index (χ4v) is 2.27.